The second-order valence-electron chi connectivity index (χ2n) is 8.26. The molecule has 156 valence electrons. The first-order valence-corrected chi connectivity index (χ1v) is 10.1. The first kappa shape index (κ1) is 21.8. The lowest BCUT2D eigenvalue weighted by molar-refractivity contribution is -0.159. The van der Waals surface area contributed by atoms with E-state index in [1.54, 1.807) is 0 Å². The fourth-order valence-electron chi connectivity index (χ4n) is 3.63. The van der Waals surface area contributed by atoms with E-state index in [9.17, 15) is 9.90 Å². The number of benzene rings is 3. The molecule has 0 aliphatic heterocycles. The molecular weight excluding hydrogens is 374 g/mol. The predicted octanol–water partition coefficient (Wildman–Crippen LogP) is 4.27. The van der Waals surface area contributed by atoms with Gasteiger partial charge in [0.25, 0.3) is 0 Å². The number of ether oxygens (including phenoxy) is 1. The predicted molar refractivity (Wildman–Crippen MR) is 119 cm³/mol. The highest BCUT2D eigenvalue weighted by molar-refractivity contribution is 5.77. The summed E-state index contributed by atoms with van der Waals surface area (Å²) >= 11 is 0. The number of carbonyl (C=O) groups is 1. The van der Waals surface area contributed by atoms with E-state index in [0.29, 0.717) is 0 Å². The highest BCUT2D eigenvalue weighted by atomic mass is 16.6. The van der Waals surface area contributed by atoms with Crippen molar-refractivity contribution in [2.24, 2.45) is 0 Å². The van der Waals surface area contributed by atoms with E-state index in [0.717, 1.165) is 16.7 Å². The Balaban J connectivity index is 2.19. The summed E-state index contributed by atoms with van der Waals surface area (Å²) in [5.74, 6) is -0.489. The van der Waals surface area contributed by atoms with Crippen LogP contribution in [-0.2, 0) is 15.1 Å². The zero-order valence-electron chi connectivity index (χ0n) is 17.7. The summed E-state index contributed by atoms with van der Waals surface area (Å²) in [7, 11) is 0. The highest BCUT2D eigenvalue weighted by Gasteiger charge is 2.40. The average Bonchev–Trinajstić information content (AvgIpc) is 2.75. The van der Waals surface area contributed by atoms with E-state index in [2.05, 4.69) is 5.32 Å². The molecule has 0 spiro atoms. The zero-order valence-corrected chi connectivity index (χ0v) is 17.7. The quantitative estimate of drug-likeness (QED) is 0.457. The second-order valence-corrected chi connectivity index (χ2v) is 8.26. The lowest BCUT2D eigenvalue weighted by Gasteiger charge is -2.39. The van der Waals surface area contributed by atoms with Gasteiger partial charge in [-0.1, -0.05) is 91.0 Å². The van der Waals surface area contributed by atoms with Gasteiger partial charge in [0.15, 0.2) is 0 Å². The molecule has 0 saturated carbocycles. The Bertz CT molecular complexity index is 838. The van der Waals surface area contributed by atoms with Crippen LogP contribution in [0.5, 0.6) is 0 Å². The third-order valence-corrected chi connectivity index (χ3v) is 4.89. The van der Waals surface area contributed by atoms with Gasteiger partial charge < -0.3 is 9.84 Å². The van der Waals surface area contributed by atoms with Crippen LogP contribution in [0.25, 0.3) is 0 Å². The lowest BCUT2D eigenvalue weighted by atomic mass is 9.76. The Hall–Kier alpha value is -2.95. The second kappa shape index (κ2) is 9.24. The maximum atomic E-state index is 12.9. The molecule has 0 radical (unpaired) electrons. The van der Waals surface area contributed by atoms with Gasteiger partial charge in [-0.15, -0.1) is 0 Å². The molecular formula is C26H29NO3. The Morgan fingerprint density at radius 1 is 0.800 bits per heavy atom. The number of aliphatic hydroxyl groups is 1. The monoisotopic (exact) mass is 403 g/mol. The smallest absolute Gasteiger partial charge is 0.326 e. The summed E-state index contributed by atoms with van der Waals surface area (Å²) in [6.45, 7) is 5.07. The molecule has 0 aliphatic carbocycles. The minimum absolute atomic E-state index is 0.386. The zero-order chi connectivity index (χ0) is 21.6. The van der Waals surface area contributed by atoms with Crippen LogP contribution in [0.2, 0.25) is 0 Å². The number of carbonyl (C=O) groups excluding carboxylic acids is 1. The minimum Gasteiger partial charge on any atom is -0.459 e. The van der Waals surface area contributed by atoms with E-state index in [1.165, 1.54) is 0 Å². The normalized spacial score (nSPS) is 12.9. The van der Waals surface area contributed by atoms with Gasteiger partial charge in [0, 0.05) is 0 Å². The molecule has 0 unspecified atom stereocenters. The van der Waals surface area contributed by atoms with Gasteiger partial charge >= 0.3 is 5.97 Å². The summed E-state index contributed by atoms with van der Waals surface area (Å²) < 4.78 is 5.58. The van der Waals surface area contributed by atoms with Crippen molar-refractivity contribution in [1.29, 1.82) is 0 Å². The first-order chi connectivity index (χ1) is 14.4. The lowest BCUT2D eigenvalue weighted by Crippen LogP contribution is -2.55. The molecule has 0 amide bonds. The van der Waals surface area contributed by atoms with Crippen molar-refractivity contribution in [3.8, 4) is 0 Å². The van der Waals surface area contributed by atoms with Crippen LogP contribution in [0, 0.1) is 0 Å². The van der Waals surface area contributed by atoms with E-state index >= 15 is 0 Å². The van der Waals surface area contributed by atoms with Crippen molar-refractivity contribution in [3.63, 3.8) is 0 Å². The van der Waals surface area contributed by atoms with E-state index in [-0.39, 0.29) is 6.61 Å². The number of aliphatic hydroxyl groups excluding tert-OH is 1. The maximum Gasteiger partial charge on any atom is 0.326 e. The summed E-state index contributed by atoms with van der Waals surface area (Å²) in [4.78, 5) is 12.9. The Morgan fingerprint density at radius 2 is 1.17 bits per heavy atom. The fourth-order valence-corrected chi connectivity index (χ4v) is 3.63. The maximum absolute atomic E-state index is 12.9. The summed E-state index contributed by atoms with van der Waals surface area (Å²) in [5.41, 5.74) is 1.38. The molecule has 0 aromatic heterocycles. The van der Waals surface area contributed by atoms with Crippen LogP contribution in [0.3, 0.4) is 0 Å². The Kier molecular flexibility index (Phi) is 6.70. The van der Waals surface area contributed by atoms with Crippen molar-refractivity contribution in [2.75, 3.05) is 6.61 Å². The van der Waals surface area contributed by atoms with Gasteiger partial charge in [-0.25, -0.2) is 0 Å². The van der Waals surface area contributed by atoms with Gasteiger partial charge in [-0.3, -0.25) is 10.1 Å². The topological polar surface area (TPSA) is 58.6 Å². The van der Waals surface area contributed by atoms with Crippen LogP contribution in [-0.4, -0.2) is 29.3 Å². The standard InChI is InChI=1S/C26H29NO3/c1-25(2,3)30-24(29)23(19-28)27-26(20-13-7-4-8-14-20,21-15-9-5-10-16-21)22-17-11-6-12-18-22/h4-18,23,27-28H,19H2,1-3H3/t23-/m0/s1. The molecule has 30 heavy (non-hydrogen) atoms. The van der Waals surface area contributed by atoms with E-state index in [1.807, 2.05) is 112 Å². The highest BCUT2D eigenvalue weighted by Crippen LogP contribution is 2.37. The summed E-state index contributed by atoms with van der Waals surface area (Å²) in [6, 6.07) is 28.9. The molecule has 0 heterocycles. The number of rotatable bonds is 7. The summed E-state index contributed by atoms with van der Waals surface area (Å²) in [6.07, 6.45) is 0. The molecule has 0 fully saturated rings. The molecule has 0 saturated heterocycles. The van der Waals surface area contributed by atoms with Gasteiger partial charge in [0.05, 0.1) is 12.1 Å². The number of hydrogen-bond acceptors (Lipinski definition) is 4. The van der Waals surface area contributed by atoms with Gasteiger partial charge in [-0.05, 0) is 37.5 Å². The van der Waals surface area contributed by atoms with Gasteiger partial charge in [0.2, 0.25) is 0 Å². The molecule has 2 N–H and O–H groups in total. The van der Waals surface area contributed by atoms with Crippen molar-refractivity contribution < 1.29 is 14.6 Å². The van der Waals surface area contributed by atoms with Crippen molar-refractivity contribution in [3.05, 3.63) is 108 Å². The number of esters is 1. The van der Waals surface area contributed by atoms with Gasteiger partial charge in [0.1, 0.15) is 11.6 Å². The summed E-state index contributed by atoms with van der Waals surface area (Å²) in [5, 5.41) is 13.6. The van der Waals surface area contributed by atoms with Crippen molar-refractivity contribution in [1.82, 2.24) is 5.32 Å². The largest absolute Gasteiger partial charge is 0.459 e. The van der Waals surface area contributed by atoms with Crippen LogP contribution in [0.4, 0.5) is 0 Å². The molecule has 1 atom stereocenters. The third-order valence-electron chi connectivity index (χ3n) is 4.89. The molecule has 0 bridgehead atoms. The van der Waals surface area contributed by atoms with Crippen molar-refractivity contribution in [2.45, 2.75) is 38.0 Å². The molecule has 3 aromatic carbocycles. The average molecular weight is 404 g/mol. The van der Waals surface area contributed by atoms with E-state index < -0.39 is 23.2 Å². The third kappa shape index (κ3) is 4.78. The number of nitrogens with one attached hydrogen (secondary N) is 1. The molecule has 0 aliphatic rings. The Morgan fingerprint density at radius 3 is 1.47 bits per heavy atom. The number of hydrogen-bond donors (Lipinski definition) is 2. The molecule has 4 nitrogen and oxygen atoms in total. The molecule has 3 rings (SSSR count). The first-order valence-electron chi connectivity index (χ1n) is 10.1. The van der Waals surface area contributed by atoms with Crippen LogP contribution < -0.4 is 5.32 Å². The van der Waals surface area contributed by atoms with Crippen LogP contribution in [0.1, 0.15) is 37.5 Å². The Labute approximate surface area is 178 Å². The van der Waals surface area contributed by atoms with Gasteiger partial charge in [-0.2, -0.15) is 0 Å². The molecule has 3 aromatic rings. The van der Waals surface area contributed by atoms with E-state index in [4.69, 9.17) is 4.74 Å². The SMILES string of the molecule is CC(C)(C)OC(=O)[C@H](CO)NC(c1ccccc1)(c1ccccc1)c1ccccc1. The molecule has 4 heteroatoms. The van der Waals surface area contributed by atoms with Crippen molar-refractivity contribution >= 4 is 5.97 Å². The van der Waals surface area contributed by atoms with Crippen LogP contribution in [0.15, 0.2) is 91.0 Å². The fraction of sp³-hybridized carbons (Fsp3) is 0.269. The van der Waals surface area contributed by atoms with Crippen LogP contribution >= 0.6 is 0 Å². The minimum atomic E-state index is -0.912.